The highest BCUT2D eigenvalue weighted by molar-refractivity contribution is 5.01. The van der Waals surface area contributed by atoms with Gasteiger partial charge in [-0.05, 0) is 13.3 Å². The first kappa shape index (κ1) is 9.96. The molecule has 0 aromatic carbocycles. The van der Waals surface area contributed by atoms with Crippen LogP contribution in [0.15, 0.2) is 0 Å². The summed E-state index contributed by atoms with van der Waals surface area (Å²) in [6, 6.07) is 0. The van der Waals surface area contributed by atoms with E-state index in [-0.39, 0.29) is 11.0 Å². The van der Waals surface area contributed by atoms with Gasteiger partial charge in [-0.25, -0.2) is 0 Å². The second-order valence-corrected chi connectivity index (χ2v) is 3.77. The minimum absolute atomic E-state index is 0.149. The number of hydrogen-bond donors (Lipinski definition) is 1. The summed E-state index contributed by atoms with van der Waals surface area (Å²) >= 11 is 0. The molecule has 1 aliphatic rings. The Balaban J connectivity index is 2.74. The van der Waals surface area contributed by atoms with Crippen molar-refractivity contribution in [3.8, 4) is 0 Å². The molecule has 1 aliphatic heterocycles. The van der Waals surface area contributed by atoms with E-state index in [2.05, 4.69) is 13.8 Å². The molecule has 0 saturated carbocycles. The fourth-order valence-corrected chi connectivity index (χ4v) is 1.75. The molecular formula is C9H19NO2. The quantitative estimate of drug-likeness (QED) is 0.683. The van der Waals surface area contributed by atoms with Crippen LogP contribution in [0.5, 0.6) is 0 Å². The van der Waals surface area contributed by atoms with Crippen LogP contribution in [0.2, 0.25) is 0 Å². The summed E-state index contributed by atoms with van der Waals surface area (Å²) in [4.78, 5) is 0. The Morgan fingerprint density at radius 2 is 2.17 bits per heavy atom. The molecule has 3 heteroatoms. The lowest BCUT2D eigenvalue weighted by atomic mass is 9.69. The van der Waals surface area contributed by atoms with E-state index in [1.165, 1.54) is 0 Å². The predicted molar refractivity (Wildman–Crippen MR) is 48.0 cm³/mol. The molecule has 1 atom stereocenters. The van der Waals surface area contributed by atoms with Gasteiger partial charge in [0.15, 0.2) is 0 Å². The lowest BCUT2D eigenvalue weighted by molar-refractivity contribution is -0.223. The molecule has 1 fully saturated rings. The Kier molecular flexibility index (Phi) is 2.76. The summed E-state index contributed by atoms with van der Waals surface area (Å²) < 4.78 is 10.7. The van der Waals surface area contributed by atoms with Crippen LogP contribution in [-0.4, -0.2) is 32.5 Å². The first-order chi connectivity index (χ1) is 5.64. The maximum absolute atomic E-state index is 5.71. The summed E-state index contributed by atoms with van der Waals surface area (Å²) in [5.41, 5.74) is 5.64. The fourth-order valence-electron chi connectivity index (χ4n) is 1.75. The van der Waals surface area contributed by atoms with Gasteiger partial charge in [-0.15, -0.1) is 0 Å². The largest absolute Gasteiger partial charge is 0.380 e. The van der Waals surface area contributed by atoms with Gasteiger partial charge in [0.1, 0.15) is 0 Å². The number of hydrogen-bond acceptors (Lipinski definition) is 3. The van der Waals surface area contributed by atoms with E-state index in [0.29, 0.717) is 6.54 Å². The number of ether oxygens (including phenoxy) is 2. The SMILES string of the molecule is CCC1(C(C)(CN)OC)COC1. The first-order valence-electron chi connectivity index (χ1n) is 4.47. The van der Waals surface area contributed by atoms with Crippen molar-refractivity contribution < 1.29 is 9.47 Å². The maximum Gasteiger partial charge on any atom is 0.0872 e. The first-order valence-corrected chi connectivity index (χ1v) is 4.47. The van der Waals surface area contributed by atoms with Crippen molar-refractivity contribution in [2.75, 3.05) is 26.9 Å². The molecule has 1 saturated heterocycles. The molecule has 1 unspecified atom stereocenters. The highest BCUT2D eigenvalue weighted by Crippen LogP contribution is 2.43. The molecule has 0 aliphatic carbocycles. The van der Waals surface area contributed by atoms with E-state index in [1.807, 2.05) is 0 Å². The van der Waals surface area contributed by atoms with Crippen LogP contribution in [0.3, 0.4) is 0 Å². The monoisotopic (exact) mass is 173 g/mol. The Hall–Kier alpha value is -0.120. The van der Waals surface area contributed by atoms with Crippen LogP contribution in [0, 0.1) is 5.41 Å². The van der Waals surface area contributed by atoms with Crippen molar-refractivity contribution in [1.82, 2.24) is 0 Å². The normalized spacial score (nSPS) is 26.0. The summed E-state index contributed by atoms with van der Waals surface area (Å²) in [7, 11) is 1.72. The molecule has 2 N–H and O–H groups in total. The molecule has 0 aromatic rings. The van der Waals surface area contributed by atoms with Gasteiger partial charge in [0, 0.05) is 19.1 Å². The van der Waals surface area contributed by atoms with Crippen LogP contribution >= 0.6 is 0 Å². The second kappa shape index (κ2) is 3.32. The zero-order valence-corrected chi connectivity index (χ0v) is 8.22. The van der Waals surface area contributed by atoms with Gasteiger partial charge in [0.25, 0.3) is 0 Å². The minimum Gasteiger partial charge on any atom is -0.380 e. The van der Waals surface area contributed by atoms with Crippen LogP contribution in [0.4, 0.5) is 0 Å². The molecule has 0 amide bonds. The molecule has 1 heterocycles. The van der Waals surface area contributed by atoms with Gasteiger partial charge in [-0.3, -0.25) is 0 Å². The van der Waals surface area contributed by atoms with E-state index in [0.717, 1.165) is 19.6 Å². The van der Waals surface area contributed by atoms with Gasteiger partial charge in [-0.2, -0.15) is 0 Å². The third-order valence-electron chi connectivity index (χ3n) is 3.40. The third kappa shape index (κ3) is 1.16. The van der Waals surface area contributed by atoms with Crippen LogP contribution in [-0.2, 0) is 9.47 Å². The molecule has 0 bridgehead atoms. The van der Waals surface area contributed by atoms with Crippen molar-refractivity contribution in [1.29, 1.82) is 0 Å². The molecule has 3 nitrogen and oxygen atoms in total. The summed E-state index contributed by atoms with van der Waals surface area (Å²) in [6.07, 6.45) is 1.06. The number of rotatable bonds is 4. The second-order valence-electron chi connectivity index (χ2n) is 3.77. The highest BCUT2D eigenvalue weighted by atomic mass is 16.5. The van der Waals surface area contributed by atoms with Crippen molar-refractivity contribution >= 4 is 0 Å². The summed E-state index contributed by atoms with van der Waals surface area (Å²) in [5, 5.41) is 0. The van der Waals surface area contributed by atoms with Crippen molar-refractivity contribution in [3.63, 3.8) is 0 Å². The average Bonchev–Trinajstić information content (AvgIpc) is 2.03. The Bertz CT molecular complexity index is 134. The smallest absolute Gasteiger partial charge is 0.0872 e. The van der Waals surface area contributed by atoms with Crippen molar-refractivity contribution in [3.05, 3.63) is 0 Å². The Morgan fingerprint density at radius 3 is 2.25 bits per heavy atom. The van der Waals surface area contributed by atoms with Gasteiger partial charge < -0.3 is 15.2 Å². The number of nitrogens with two attached hydrogens (primary N) is 1. The van der Waals surface area contributed by atoms with Crippen LogP contribution in [0.1, 0.15) is 20.3 Å². The van der Waals surface area contributed by atoms with Gasteiger partial charge >= 0.3 is 0 Å². The lowest BCUT2D eigenvalue weighted by Crippen LogP contribution is -2.62. The van der Waals surface area contributed by atoms with Gasteiger partial charge in [0.2, 0.25) is 0 Å². The topological polar surface area (TPSA) is 44.5 Å². The Labute approximate surface area is 74.2 Å². The minimum atomic E-state index is -0.222. The molecular weight excluding hydrogens is 154 g/mol. The lowest BCUT2D eigenvalue weighted by Gasteiger charge is -2.52. The fraction of sp³-hybridized carbons (Fsp3) is 1.00. The van der Waals surface area contributed by atoms with Crippen LogP contribution in [0.25, 0.3) is 0 Å². The van der Waals surface area contributed by atoms with Crippen LogP contribution < -0.4 is 5.73 Å². The Morgan fingerprint density at radius 1 is 1.58 bits per heavy atom. The molecule has 0 radical (unpaired) electrons. The van der Waals surface area contributed by atoms with Gasteiger partial charge in [0.05, 0.1) is 18.8 Å². The summed E-state index contributed by atoms with van der Waals surface area (Å²) in [6.45, 7) is 6.35. The third-order valence-corrected chi connectivity index (χ3v) is 3.40. The highest BCUT2D eigenvalue weighted by Gasteiger charge is 2.51. The standard InChI is InChI=1S/C9H19NO2/c1-4-9(6-12-7-9)8(2,5-10)11-3/h4-7,10H2,1-3H3. The van der Waals surface area contributed by atoms with Crippen molar-refractivity contribution in [2.24, 2.45) is 11.1 Å². The van der Waals surface area contributed by atoms with E-state index in [4.69, 9.17) is 15.2 Å². The number of methoxy groups -OCH3 is 1. The zero-order chi connectivity index (χ0) is 9.24. The average molecular weight is 173 g/mol. The molecule has 1 rings (SSSR count). The van der Waals surface area contributed by atoms with E-state index in [1.54, 1.807) is 7.11 Å². The predicted octanol–water partition coefficient (Wildman–Crippen LogP) is 0.777. The molecule has 0 aromatic heterocycles. The molecule has 72 valence electrons. The molecule has 0 spiro atoms. The van der Waals surface area contributed by atoms with Crippen molar-refractivity contribution in [2.45, 2.75) is 25.9 Å². The maximum atomic E-state index is 5.71. The molecule has 12 heavy (non-hydrogen) atoms. The van der Waals surface area contributed by atoms with E-state index in [9.17, 15) is 0 Å². The van der Waals surface area contributed by atoms with Gasteiger partial charge in [-0.1, -0.05) is 6.92 Å². The summed E-state index contributed by atoms with van der Waals surface area (Å²) in [5.74, 6) is 0. The van der Waals surface area contributed by atoms with E-state index < -0.39 is 0 Å². The van der Waals surface area contributed by atoms with E-state index >= 15 is 0 Å². The zero-order valence-electron chi connectivity index (χ0n) is 8.22.